The number of quaternary nitrogens is 1. The third-order valence-corrected chi connectivity index (χ3v) is 6.04. The molecule has 1 amide bonds. The van der Waals surface area contributed by atoms with Crippen LogP contribution < -0.4 is 14.4 Å². The molecule has 0 bridgehead atoms. The van der Waals surface area contributed by atoms with Gasteiger partial charge in [-0.25, -0.2) is 0 Å². The second-order valence-electron chi connectivity index (χ2n) is 6.93. The van der Waals surface area contributed by atoms with Gasteiger partial charge in [0, 0.05) is 16.9 Å². The fourth-order valence-corrected chi connectivity index (χ4v) is 4.37. The quantitative estimate of drug-likeness (QED) is 0.839. The first-order valence-electron chi connectivity index (χ1n) is 9.30. The standard InChI is InChI=1S/C20H24N2O3S/c23-20(5-1-3-17-4-2-12-26-17)22-10-8-21(9-11-22)14-16-6-7-18-19(13-16)25-15-24-18/h2,4,6-7,12-13H,1,3,5,8-11,14-15H2/p+1. The maximum absolute atomic E-state index is 12.4. The van der Waals surface area contributed by atoms with Gasteiger partial charge >= 0.3 is 0 Å². The first-order chi connectivity index (χ1) is 12.8. The molecule has 4 rings (SSSR count). The van der Waals surface area contributed by atoms with Crippen molar-refractivity contribution in [3.8, 4) is 11.5 Å². The van der Waals surface area contributed by atoms with E-state index in [0.717, 1.165) is 57.1 Å². The molecule has 1 aromatic heterocycles. The Morgan fingerprint density at radius 1 is 1.15 bits per heavy atom. The lowest BCUT2D eigenvalue weighted by Gasteiger charge is -2.32. The molecular formula is C20H25N2O3S+. The van der Waals surface area contributed by atoms with Crippen molar-refractivity contribution in [3.63, 3.8) is 0 Å². The van der Waals surface area contributed by atoms with E-state index in [2.05, 4.69) is 29.6 Å². The summed E-state index contributed by atoms with van der Waals surface area (Å²) in [5.74, 6) is 1.99. The van der Waals surface area contributed by atoms with Crippen LogP contribution in [0.4, 0.5) is 0 Å². The number of fused-ring (bicyclic) bond motifs is 1. The largest absolute Gasteiger partial charge is 0.454 e. The summed E-state index contributed by atoms with van der Waals surface area (Å²) >= 11 is 1.77. The van der Waals surface area contributed by atoms with Crippen molar-refractivity contribution in [2.75, 3.05) is 33.0 Å². The summed E-state index contributed by atoms with van der Waals surface area (Å²) in [6.45, 7) is 5.02. The fourth-order valence-electron chi connectivity index (χ4n) is 3.62. The highest BCUT2D eigenvalue weighted by Crippen LogP contribution is 2.32. The summed E-state index contributed by atoms with van der Waals surface area (Å²) in [4.78, 5) is 17.3. The Morgan fingerprint density at radius 2 is 2.00 bits per heavy atom. The second-order valence-corrected chi connectivity index (χ2v) is 7.96. The van der Waals surface area contributed by atoms with E-state index in [1.54, 1.807) is 11.3 Å². The summed E-state index contributed by atoms with van der Waals surface area (Å²) < 4.78 is 10.8. The predicted octanol–water partition coefficient (Wildman–Crippen LogP) is 1.73. The highest BCUT2D eigenvalue weighted by atomic mass is 32.1. The molecule has 1 N–H and O–H groups in total. The molecule has 0 atom stereocenters. The van der Waals surface area contributed by atoms with Crippen molar-refractivity contribution in [3.05, 3.63) is 46.2 Å². The van der Waals surface area contributed by atoms with Crippen molar-refractivity contribution in [1.29, 1.82) is 0 Å². The van der Waals surface area contributed by atoms with Gasteiger partial charge in [0.25, 0.3) is 0 Å². The molecular weight excluding hydrogens is 348 g/mol. The van der Waals surface area contributed by atoms with Gasteiger partial charge < -0.3 is 19.3 Å². The molecule has 0 spiro atoms. The SMILES string of the molecule is O=C(CCCc1cccs1)N1CC[NH+](Cc2ccc3c(c2)OCO3)CC1. The average Bonchev–Trinajstić information content (AvgIpc) is 3.33. The van der Waals surface area contributed by atoms with Gasteiger partial charge in [0.15, 0.2) is 11.5 Å². The molecule has 26 heavy (non-hydrogen) atoms. The van der Waals surface area contributed by atoms with Crippen LogP contribution in [0.1, 0.15) is 23.3 Å². The Morgan fingerprint density at radius 3 is 2.81 bits per heavy atom. The number of hydrogen-bond acceptors (Lipinski definition) is 4. The average molecular weight is 373 g/mol. The molecule has 6 heteroatoms. The zero-order valence-corrected chi connectivity index (χ0v) is 15.7. The molecule has 2 aliphatic heterocycles. The van der Waals surface area contributed by atoms with Gasteiger partial charge in [-0.2, -0.15) is 0 Å². The van der Waals surface area contributed by atoms with Crippen molar-refractivity contribution in [2.24, 2.45) is 0 Å². The highest BCUT2D eigenvalue weighted by molar-refractivity contribution is 7.09. The van der Waals surface area contributed by atoms with Crippen LogP contribution in [0.15, 0.2) is 35.7 Å². The summed E-state index contributed by atoms with van der Waals surface area (Å²) in [5.41, 5.74) is 1.26. The number of thiophene rings is 1. The van der Waals surface area contributed by atoms with Crippen molar-refractivity contribution in [1.82, 2.24) is 4.90 Å². The number of benzene rings is 1. The van der Waals surface area contributed by atoms with E-state index in [1.165, 1.54) is 15.3 Å². The van der Waals surface area contributed by atoms with Gasteiger partial charge in [0.05, 0.1) is 26.2 Å². The molecule has 3 heterocycles. The molecule has 138 valence electrons. The highest BCUT2D eigenvalue weighted by Gasteiger charge is 2.24. The minimum atomic E-state index is 0.309. The fraction of sp³-hybridized carbons (Fsp3) is 0.450. The molecule has 2 aromatic rings. The minimum absolute atomic E-state index is 0.309. The molecule has 1 saturated heterocycles. The van der Waals surface area contributed by atoms with Crippen molar-refractivity contribution in [2.45, 2.75) is 25.8 Å². The van der Waals surface area contributed by atoms with E-state index < -0.39 is 0 Å². The molecule has 0 unspecified atom stereocenters. The summed E-state index contributed by atoms with van der Waals surface area (Å²) in [7, 11) is 0. The van der Waals surface area contributed by atoms with E-state index in [-0.39, 0.29) is 0 Å². The van der Waals surface area contributed by atoms with Crippen molar-refractivity contribution < 1.29 is 19.2 Å². The van der Waals surface area contributed by atoms with Crippen LogP contribution in [-0.2, 0) is 17.8 Å². The number of aryl methyl sites for hydroxylation is 1. The maximum Gasteiger partial charge on any atom is 0.231 e. The number of carbonyl (C=O) groups excluding carboxylic acids is 1. The Hall–Kier alpha value is -2.05. The van der Waals surface area contributed by atoms with Crippen LogP contribution in [0, 0.1) is 0 Å². The Balaban J connectivity index is 1.20. The topological polar surface area (TPSA) is 43.2 Å². The number of hydrogen-bond donors (Lipinski definition) is 1. The van der Waals surface area contributed by atoms with Crippen LogP contribution in [0.3, 0.4) is 0 Å². The van der Waals surface area contributed by atoms with Gasteiger partial charge in [-0.05, 0) is 42.5 Å². The van der Waals surface area contributed by atoms with Crippen LogP contribution in [0.2, 0.25) is 0 Å². The monoisotopic (exact) mass is 373 g/mol. The molecule has 0 radical (unpaired) electrons. The summed E-state index contributed by atoms with van der Waals surface area (Å²) in [5, 5.41) is 2.10. The van der Waals surface area contributed by atoms with Crippen molar-refractivity contribution >= 4 is 17.2 Å². The lowest BCUT2D eigenvalue weighted by molar-refractivity contribution is -0.917. The zero-order valence-electron chi connectivity index (χ0n) is 14.9. The van der Waals surface area contributed by atoms with Crippen LogP contribution >= 0.6 is 11.3 Å². The second kappa shape index (κ2) is 8.10. The smallest absolute Gasteiger partial charge is 0.231 e. The Labute approximate surface area is 158 Å². The maximum atomic E-state index is 12.4. The van der Waals surface area contributed by atoms with E-state index in [1.807, 2.05) is 11.0 Å². The Kier molecular flexibility index (Phi) is 5.41. The molecule has 1 fully saturated rings. The van der Waals surface area contributed by atoms with Gasteiger partial charge in [-0.3, -0.25) is 4.79 Å². The number of carbonyl (C=O) groups is 1. The number of ether oxygens (including phenoxy) is 2. The molecule has 2 aliphatic rings. The van der Waals surface area contributed by atoms with Gasteiger partial charge in [-0.1, -0.05) is 6.07 Å². The lowest BCUT2D eigenvalue weighted by atomic mass is 10.1. The predicted molar refractivity (Wildman–Crippen MR) is 101 cm³/mol. The van der Waals surface area contributed by atoms with Gasteiger partial charge in [0.1, 0.15) is 6.54 Å². The first kappa shape index (κ1) is 17.4. The lowest BCUT2D eigenvalue weighted by Crippen LogP contribution is -3.13. The first-order valence-corrected chi connectivity index (χ1v) is 10.2. The van der Waals surface area contributed by atoms with E-state index >= 15 is 0 Å². The number of amides is 1. The number of rotatable bonds is 6. The molecule has 1 aromatic carbocycles. The van der Waals surface area contributed by atoms with Gasteiger partial charge in [0.2, 0.25) is 12.7 Å². The molecule has 5 nitrogen and oxygen atoms in total. The number of nitrogens with zero attached hydrogens (tertiary/aromatic N) is 1. The third kappa shape index (κ3) is 4.19. The van der Waals surface area contributed by atoms with Gasteiger partial charge in [-0.15, -0.1) is 11.3 Å². The van der Waals surface area contributed by atoms with Crippen LogP contribution in [0.25, 0.3) is 0 Å². The number of nitrogens with one attached hydrogen (secondary N) is 1. The minimum Gasteiger partial charge on any atom is -0.454 e. The normalized spacial score (nSPS) is 16.8. The Bertz CT molecular complexity index is 740. The zero-order chi connectivity index (χ0) is 17.8. The van der Waals surface area contributed by atoms with E-state index in [9.17, 15) is 4.79 Å². The summed E-state index contributed by atoms with van der Waals surface area (Å²) in [6.07, 6.45) is 2.62. The van der Waals surface area contributed by atoms with Crippen LogP contribution in [-0.4, -0.2) is 43.8 Å². The van der Waals surface area contributed by atoms with E-state index in [0.29, 0.717) is 19.1 Å². The molecule has 0 aliphatic carbocycles. The molecule has 0 saturated carbocycles. The summed E-state index contributed by atoms with van der Waals surface area (Å²) in [6, 6.07) is 10.4. The van der Waals surface area contributed by atoms with E-state index in [4.69, 9.17) is 9.47 Å². The van der Waals surface area contributed by atoms with Crippen LogP contribution in [0.5, 0.6) is 11.5 Å². The number of piperazine rings is 1. The third-order valence-electron chi connectivity index (χ3n) is 5.11.